The number of benzene rings is 1. The van der Waals surface area contributed by atoms with Crippen molar-refractivity contribution < 1.29 is 22.3 Å². The summed E-state index contributed by atoms with van der Waals surface area (Å²) in [6, 6.07) is 5.20. The molecule has 0 amide bonds. The van der Waals surface area contributed by atoms with E-state index in [4.69, 9.17) is 14.7 Å². The molecule has 144 valence electrons. The molecule has 3 atom stereocenters. The van der Waals surface area contributed by atoms with Gasteiger partial charge in [0.2, 0.25) is 0 Å². The predicted octanol–water partition coefficient (Wildman–Crippen LogP) is 0.260. The van der Waals surface area contributed by atoms with Crippen LogP contribution >= 0.6 is 0 Å². The zero-order valence-corrected chi connectivity index (χ0v) is 15.5. The van der Waals surface area contributed by atoms with Crippen molar-refractivity contribution in [3.05, 3.63) is 29.6 Å². The van der Waals surface area contributed by atoms with E-state index < -0.39 is 26.6 Å². The van der Waals surface area contributed by atoms with Gasteiger partial charge in [0.1, 0.15) is 16.8 Å². The Kier molecular flexibility index (Phi) is 3.71. The third-order valence-corrected chi connectivity index (χ3v) is 8.37. The second-order valence-electron chi connectivity index (χ2n) is 8.22. The van der Waals surface area contributed by atoms with Gasteiger partial charge < -0.3 is 9.47 Å². The zero-order valence-electron chi connectivity index (χ0n) is 14.7. The topological polar surface area (TPSA) is 91.7 Å². The molecule has 0 aliphatic carbocycles. The molecule has 2 spiro atoms. The summed E-state index contributed by atoms with van der Waals surface area (Å²) < 4.78 is 51.2. The van der Waals surface area contributed by atoms with Crippen LogP contribution in [0.3, 0.4) is 0 Å². The average Bonchev–Trinajstić information content (AvgIpc) is 2.97. The second-order valence-corrected chi connectivity index (χ2v) is 10.3. The van der Waals surface area contributed by atoms with E-state index in [1.165, 1.54) is 6.07 Å². The fourth-order valence-electron chi connectivity index (χ4n) is 4.70. The summed E-state index contributed by atoms with van der Waals surface area (Å²) >= 11 is 0. The normalized spacial score (nSPS) is 34.7. The quantitative estimate of drug-likeness (QED) is 0.788. The first-order valence-electron chi connectivity index (χ1n) is 9.00. The Morgan fingerprint density at radius 1 is 1.30 bits per heavy atom. The van der Waals surface area contributed by atoms with Gasteiger partial charge in [0.05, 0.1) is 36.3 Å². The molecule has 0 saturated carbocycles. The maximum atomic E-state index is 13.7. The summed E-state index contributed by atoms with van der Waals surface area (Å²) in [6.07, 6.45) is 0.626. The number of nitrogens with zero attached hydrogens (tertiary/aromatic N) is 2. The molecule has 1 aromatic carbocycles. The van der Waals surface area contributed by atoms with Gasteiger partial charge in [0, 0.05) is 31.1 Å². The van der Waals surface area contributed by atoms with Crippen LogP contribution in [0.1, 0.15) is 12.0 Å². The van der Waals surface area contributed by atoms with Gasteiger partial charge in [0.25, 0.3) is 0 Å². The molecule has 0 bridgehead atoms. The molecule has 7 nitrogen and oxygen atoms in total. The van der Waals surface area contributed by atoms with Crippen LogP contribution in [0.4, 0.5) is 4.39 Å². The fraction of sp³-hybridized carbons (Fsp3) is 0.611. The highest BCUT2D eigenvalue weighted by molar-refractivity contribution is 7.92. The fourth-order valence-corrected chi connectivity index (χ4v) is 6.66. The minimum atomic E-state index is -3.87. The second kappa shape index (κ2) is 5.72. The first kappa shape index (κ1) is 17.5. The van der Waals surface area contributed by atoms with Crippen LogP contribution in [0.25, 0.3) is 0 Å². The minimum Gasteiger partial charge on any atom is -0.380 e. The molecule has 4 saturated heterocycles. The van der Waals surface area contributed by atoms with Crippen LogP contribution in [0.5, 0.6) is 0 Å². The Labute approximate surface area is 157 Å². The monoisotopic (exact) mass is 393 g/mol. The Balaban J connectivity index is 1.34. The smallest absolute Gasteiger partial charge is 0.197 e. The standard InChI is InChI=1S/C18H20FN3O4S/c19-13-1-12(5-20)2-15(3-13)27(23,24)16-18(7-21-16)4-14(6-26-18)22-8-17(9-22)10-25-11-17/h1-3,14,16,21H,4,6-11H2. The van der Waals surface area contributed by atoms with E-state index in [0.717, 1.165) is 38.4 Å². The highest BCUT2D eigenvalue weighted by Crippen LogP contribution is 2.45. The lowest BCUT2D eigenvalue weighted by Gasteiger charge is -2.57. The van der Waals surface area contributed by atoms with Crippen LogP contribution in [0.2, 0.25) is 0 Å². The number of ether oxygens (including phenoxy) is 2. The molecule has 4 fully saturated rings. The largest absolute Gasteiger partial charge is 0.380 e. The van der Waals surface area contributed by atoms with E-state index in [-0.39, 0.29) is 16.5 Å². The van der Waals surface area contributed by atoms with E-state index >= 15 is 0 Å². The van der Waals surface area contributed by atoms with Gasteiger partial charge in [0.15, 0.2) is 9.84 Å². The van der Waals surface area contributed by atoms with Gasteiger partial charge in [-0.25, -0.2) is 12.8 Å². The number of nitrogens with one attached hydrogen (secondary N) is 1. The van der Waals surface area contributed by atoms with Crippen LogP contribution in [0.15, 0.2) is 23.1 Å². The molecule has 4 aliphatic heterocycles. The van der Waals surface area contributed by atoms with Gasteiger partial charge >= 0.3 is 0 Å². The van der Waals surface area contributed by atoms with Crippen molar-refractivity contribution in [2.45, 2.75) is 28.3 Å². The Hall–Kier alpha value is -1.57. The molecule has 1 N–H and O–H groups in total. The summed E-state index contributed by atoms with van der Waals surface area (Å²) in [5.74, 6) is -0.736. The lowest BCUT2D eigenvalue weighted by atomic mass is 9.76. The predicted molar refractivity (Wildman–Crippen MR) is 92.0 cm³/mol. The van der Waals surface area contributed by atoms with Crippen LogP contribution in [-0.2, 0) is 19.3 Å². The van der Waals surface area contributed by atoms with Crippen molar-refractivity contribution in [2.24, 2.45) is 5.41 Å². The zero-order chi connectivity index (χ0) is 18.9. The Bertz CT molecular complexity index is 934. The summed E-state index contributed by atoms with van der Waals surface area (Å²) in [5, 5.41) is 11.0. The van der Waals surface area contributed by atoms with Crippen LogP contribution < -0.4 is 5.32 Å². The van der Waals surface area contributed by atoms with Crippen molar-refractivity contribution in [2.75, 3.05) is 39.5 Å². The lowest BCUT2D eigenvalue weighted by Crippen LogP contribution is -2.71. The molecule has 1 aromatic rings. The van der Waals surface area contributed by atoms with E-state index in [0.29, 0.717) is 25.0 Å². The van der Waals surface area contributed by atoms with Crippen LogP contribution in [0, 0.1) is 22.6 Å². The molecule has 0 radical (unpaired) electrons. The number of nitriles is 1. The average molecular weight is 393 g/mol. The van der Waals surface area contributed by atoms with Crippen LogP contribution in [-0.4, -0.2) is 69.8 Å². The number of hydrogen-bond donors (Lipinski definition) is 1. The van der Waals surface area contributed by atoms with E-state index in [1.807, 2.05) is 0 Å². The van der Waals surface area contributed by atoms with Crippen molar-refractivity contribution in [3.63, 3.8) is 0 Å². The molecule has 0 aromatic heterocycles. The van der Waals surface area contributed by atoms with Gasteiger partial charge in [-0.3, -0.25) is 10.2 Å². The molecule has 5 rings (SSSR count). The maximum Gasteiger partial charge on any atom is 0.197 e. The SMILES string of the molecule is N#Cc1cc(F)cc(S(=O)(=O)C2NCC23CC(N2CC4(COC4)C2)CO3)c1. The van der Waals surface area contributed by atoms with Crippen molar-refractivity contribution in [3.8, 4) is 6.07 Å². The van der Waals surface area contributed by atoms with Crippen molar-refractivity contribution >= 4 is 9.84 Å². The Morgan fingerprint density at radius 2 is 2.07 bits per heavy atom. The number of hydrogen-bond acceptors (Lipinski definition) is 7. The van der Waals surface area contributed by atoms with E-state index in [9.17, 15) is 12.8 Å². The van der Waals surface area contributed by atoms with Gasteiger partial charge in [-0.1, -0.05) is 0 Å². The highest BCUT2D eigenvalue weighted by Gasteiger charge is 2.61. The summed E-state index contributed by atoms with van der Waals surface area (Å²) in [7, 11) is -3.87. The maximum absolute atomic E-state index is 13.7. The minimum absolute atomic E-state index is 0.0132. The lowest BCUT2D eigenvalue weighted by molar-refractivity contribution is -0.197. The van der Waals surface area contributed by atoms with Crippen molar-refractivity contribution in [1.29, 1.82) is 5.26 Å². The number of halogens is 1. The number of rotatable bonds is 3. The van der Waals surface area contributed by atoms with E-state index in [2.05, 4.69) is 10.2 Å². The molecular weight excluding hydrogens is 373 g/mol. The molecule has 4 aliphatic rings. The third kappa shape index (κ3) is 2.55. The van der Waals surface area contributed by atoms with Gasteiger partial charge in [-0.05, 0) is 24.6 Å². The molecule has 27 heavy (non-hydrogen) atoms. The first-order valence-corrected chi connectivity index (χ1v) is 10.5. The van der Waals surface area contributed by atoms with Crippen molar-refractivity contribution in [1.82, 2.24) is 10.2 Å². The summed E-state index contributed by atoms with van der Waals surface area (Å²) in [6.45, 7) is 4.51. The molecule has 4 heterocycles. The number of likely N-dealkylation sites (tertiary alicyclic amines) is 1. The molecule has 3 unspecified atom stereocenters. The molecule has 9 heteroatoms. The van der Waals surface area contributed by atoms with Gasteiger partial charge in [-0.15, -0.1) is 0 Å². The summed E-state index contributed by atoms with van der Waals surface area (Å²) in [5.41, 5.74) is -0.503. The van der Waals surface area contributed by atoms with Gasteiger partial charge in [-0.2, -0.15) is 5.26 Å². The highest BCUT2D eigenvalue weighted by atomic mass is 32.2. The first-order chi connectivity index (χ1) is 12.9. The number of sulfone groups is 1. The Morgan fingerprint density at radius 3 is 2.67 bits per heavy atom. The molecular formula is C18H20FN3O4S. The third-order valence-electron chi connectivity index (χ3n) is 6.26. The van der Waals surface area contributed by atoms with E-state index in [1.54, 1.807) is 6.07 Å². The summed E-state index contributed by atoms with van der Waals surface area (Å²) in [4.78, 5) is 2.16.